The first-order chi connectivity index (χ1) is 8.65. The molecule has 18 heavy (non-hydrogen) atoms. The highest BCUT2D eigenvalue weighted by atomic mass is 16.6. The monoisotopic (exact) mass is 245 g/mol. The molecule has 0 aliphatic rings. The zero-order valence-electron chi connectivity index (χ0n) is 8.91. The van der Waals surface area contributed by atoms with Crippen LogP contribution < -0.4 is 0 Å². The van der Waals surface area contributed by atoms with Gasteiger partial charge in [0.15, 0.2) is 11.5 Å². The van der Waals surface area contributed by atoms with Crippen molar-refractivity contribution in [2.24, 2.45) is 0 Å². The Morgan fingerprint density at radius 3 is 3.00 bits per heavy atom. The number of H-pyrrole nitrogens is 2. The highest BCUT2D eigenvalue weighted by Gasteiger charge is 2.20. The van der Waals surface area contributed by atoms with E-state index in [2.05, 4.69) is 20.2 Å². The number of imidazole rings is 1. The molecule has 3 rings (SSSR count). The summed E-state index contributed by atoms with van der Waals surface area (Å²) >= 11 is 0. The highest BCUT2D eigenvalue weighted by molar-refractivity contribution is 5.81. The molecule has 3 N–H and O–H groups in total. The molecule has 8 nitrogen and oxygen atoms in total. The summed E-state index contributed by atoms with van der Waals surface area (Å²) in [6, 6.07) is 4.61. The Morgan fingerprint density at radius 1 is 1.39 bits per heavy atom. The van der Waals surface area contributed by atoms with Crippen LogP contribution in [0.25, 0.3) is 22.6 Å². The minimum Gasteiger partial charge on any atom is -0.508 e. The number of nitrogens with one attached hydrogen (secondary N) is 2. The van der Waals surface area contributed by atoms with Crippen molar-refractivity contribution in [3.63, 3.8) is 0 Å². The number of fused-ring (bicyclic) bond motifs is 1. The van der Waals surface area contributed by atoms with Gasteiger partial charge in [-0.1, -0.05) is 0 Å². The van der Waals surface area contributed by atoms with E-state index in [1.54, 1.807) is 6.07 Å². The third-order valence-electron chi connectivity index (χ3n) is 2.52. The quantitative estimate of drug-likeness (QED) is 0.467. The van der Waals surface area contributed by atoms with Crippen molar-refractivity contribution in [2.75, 3.05) is 0 Å². The zero-order chi connectivity index (χ0) is 12.7. The van der Waals surface area contributed by atoms with Crippen LogP contribution in [0.3, 0.4) is 0 Å². The number of phenolic OH excluding ortho intramolecular Hbond substituents is 1. The van der Waals surface area contributed by atoms with Crippen molar-refractivity contribution in [2.45, 2.75) is 0 Å². The van der Waals surface area contributed by atoms with Gasteiger partial charge in [-0.2, -0.15) is 5.10 Å². The molecule has 2 heterocycles. The number of hydrogen-bond donors (Lipinski definition) is 3. The van der Waals surface area contributed by atoms with Crippen LogP contribution in [-0.4, -0.2) is 30.2 Å². The molecule has 0 fully saturated rings. The molecule has 0 aliphatic heterocycles. The Morgan fingerprint density at radius 2 is 2.22 bits per heavy atom. The van der Waals surface area contributed by atoms with Crippen molar-refractivity contribution in [3.05, 3.63) is 34.5 Å². The van der Waals surface area contributed by atoms with Crippen LogP contribution in [0.2, 0.25) is 0 Å². The molecule has 1 aromatic carbocycles. The summed E-state index contributed by atoms with van der Waals surface area (Å²) in [4.78, 5) is 17.3. The van der Waals surface area contributed by atoms with Crippen molar-refractivity contribution in [3.8, 4) is 17.3 Å². The van der Waals surface area contributed by atoms with Crippen molar-refractivity contribution in [1.29, 1.82) is 0 Å². The number of phenols is 1. The van der Waals surface area contributed by atoms with Gasteiger partial charge in [0, 0.05) is 6.07 Å². The number of benzene rings is 1. The predicted octanol–water partition coefficient (Wildman–Crippen LogP) is 1.57. The normalized spacial score (nSPS) is 10.9. The van der Waals surface area contributed by atoms with Crippen molar-refractivity contribution < 1.29 is 10.0 Å². The molecular formula is C10H7N5O3. The smallest absolute Gasteiger partial charge is 0.317 e. The van der Waals surface area contributed by atoms with E-state index in [-0.39, 0.29) is 17.1 Å². The average Bonchev–Trinajstić information content (AvgIpc) is 2.93. The summed E-state index contributed by atoms with van der Waals surface area (Å²) in [6.07, 6.45) is 1.12. The van der Waals surface area contributed by atoms with E-state index in [0.717, 1.165) is 6.20 Å². The fourth-order valence-electron chi connectivity index (χ4n) is 1.71. The lowest BCUT2D eigenvalue weighted by Gasteiger charge is -1.90. The number of nitrogens with zero attached hydrogens (tertiary/aromatic N) is 3. The summed E-state index contributed by atoms with van der Waals surface area (Å²) in [5.74, 6) is 0.400. The first-order valence-corrected chi connectivity index (χ1v) is 5.02. The standard InChI is InChI=1S/C10H7N5O3/c16-5-1-2-6-7(3-5)13-10(12-6)9-8(15(17)18)4-11-14-9/h1-4,16H,(H,11,14)(H,12,13). The van der Waals surface area contributed by atoms with Gasteiger partial charge in [0.1, 0.15) is 11.9 Å². The van der Waals surface area contributed by atoms with Crippen LogP contribution in [0, 0.1) is 10.1 Å². The van der Waals surface area contributed by atoms with E-state index in [1.807, 2.05) is 0 Å². The van der Waals surface area contributed by atoms with Crippen LogP contribution in [0.1, 0.15) is 0 Å². The molecule has 90 valence electrons. The van der Waals surface area contributed by atoms with Crippen LogP contribution in [0.5, 0.6) is 5.75 Å². The van der Waals surface area contributed by atoms with E-state index in [1.165, 1.54) is 12.1 Å². The first-order valence-electron chi connectivity index (χ1n) is 5.02. The highest BCUT2D eigenvalue weighted by Crippen LogP contribution is 2.27. The molecule has 8 heteroatoms. The van der Waals surface area contributed by atoms with Crippen LogP contribution in [0.4, 0.5) is 5.69 Å². The topological polar surface area (TPSA) is 121 Å². The lowest BCUT2D eigenvalue weighted by molar-refractivity contribution is -0.384. The Labute approximate surface area is 99.4 Å². The van der Waals surface area contributed by atoms with Gasteiger partial charge in [0.05, 0.1) is 16.0 Å². The summed E-state index contributed by atoms with van der Waals surface area (Å²) in [6.45, 7) is 0. The molecule has 0 atom stereocenters. The molecule has 0 saturated heterocycles. The molecule has 0 aliphatic carbocycles. The number of aromatic hydroxyl groups is 1. The molecule has 0 unspecified atom stereocenters. The van der Waals surface area contributed by atoms with E-state index in [0.29, 0.717) is 16.9 Å². The van der Waals surface area contributed by atoms with Crippen molar-refractivity contribution in [1.82, 2.24) is 20.2 Å². The molecule has 2 aromatic heterocycles. The number of hydrogen-bond acceptors (Lipinski definition) is 5. The lowest BCUT2D eigenvalue weighted by Crippen LogP contribution is -1.90. The van der Waals surface area contributed by atoms with Gasteiger partial charge in [0.25, 0.3) is 0 Å². The molecule has 0 spiro atoms. The molecular weight excluding hydrogens is 238 g/mol. The number of nitro groups is 1. The molecule has 3 aromatic rings. The SMILES string of the molecule is O=[N+]([O-])c1cn[nH]c1-c1nc2ccc(O)cc2[nH]1. The number of aromatic amines is 2. The van der Waals surface area contributed by atoms with E-state index in [9.17, 15) is 15.2 Å². The molecule has 0 saturated carbocycles. The van der Waals surface area contributed by atoms with Gasteiger partial charge in [-0.3, -0.25) is 15.2 Å². The average molecular weight is 245 g/mol. The number of rotatable bonds is 2. The second-order valence-corrected chi connectivity index (χ2v) is 3.67. The minimum atomic E-state index is -0.538. The maximum Gasteiger partial charge on any atom is 0.317 e. The second-order valence-electron chi connectivity index (χ2n) is 3.67. The lowest BCUT2D eigenvalue weighted by atomic mass is 10.3. The van der Waals surface area contributed by atoms with Crippen LogP contribution in [-0.2, 0) is 0 Å². The van der Waals surface area contributed by atoms with Crippen LogP contribution in [0.15, 0.2) is 24.4 Å². The third-order valence-corrected chi connectivity index (χ3v) is 2.52. The van der Waals surface area contributed by atoms with Gasteiger partial charge in [-0.25, -0.2) is 4.98 Å². The van der Waals surface area contributed by atoms with Crippen molar-refractivity contribution >= 4 is 16.7 Å². The summed E-state index contributed by atoms with van der Waals surface area (Å²) < 4.78 is 0. The van der Waals surface area contributed by atoms with Gasteiger partial charge < -0.3 is 10.1 Å². The Balaban J connectivity index is 2.19. The molecule has 0 radical (unpaired) electrons. The largest absolute Gasteiger partial charge is 0.508 e. The molecule has 0 amide bonds. The van der Waals surface area contributed by atoms with Gasteiger partial charge >= 0.3 is 5.69 Å². The fraction of sp³-hybridized carbons (Fsp3) is 0. The van der Waals surface area contributed by atoms with E-state index >= 15 is 0 Å². The summed E-state index contributed by atoms with van der Waals surface area (Å²) in [5, 5.41) is 26.3. The van der Waals surface area contributed by atoms with Gasteiger partial charge in [-0.05, 0) is 12.1 Å². The Hall–Kier alpha value is -2.90. The maximum atomic E-state index is 10.8. The Bertz CT molecular complexity index is 745. The Kier molecular flexibility index (Phi) is 2.03. The predicted molar refractivity (Wildman–Crippen MR) is 62.0 cm³/mol. The fourth-order valence-corrected chi connectivity index (χ4v) is 1.71. The maximum absolute atomic E-state index is 10.8. The zero-order valence-corrected chi connectivity index (χ0v) is 8.91. The van der Waals surface area contributed by atoms with E-state index in [4.69, 9.17) is 0 Å². The minimum absolute atomic E-state index is 0.0943. The third kappa shape index (κ3) is 1.47. The number of aromatic nitrogens is 4. The van der Waals surface area contributed by atoms with Crippen LogP contribution >= 0.6 is 0 Å². The van der Waals surface area contributed by atoms with Gasteiger partial charge in [-0.15, -0.1) is 0 Å². The molecule has 0 bridgehead atoms. The summed E-state index contributed by atoms with van der Waals surface area (Å²) in [5.41, 5.74) is 1.24. The second kappa shape index (κ2) is 3.55. The summed E-state index contributed by atoms with van der Waals surface area (Å²) in [7, 11) is 0. The first kappa shape index (κ1) is 10.3. The van der Waals surface area contributed by atoms with E-state index < -0.39 is 4.92 Å². The van der Waals surface area contributed by atoms with Gasteiger partial charge in [0.2, 0.25) is 0 Å².